The molecule has 2 aliphatic rings. The van der Waals surface area contributed by atoms with Crippen LogP contribution >= 0.6 is 0 Å². The zero-order valence-electron chi connectivity index (χ0n) is 15.7. The molecule has 146 valence electrons. The second kappa shape index (κ2) is 7.64. The van der Waals surface area contributed by atoms with Crippen molar-refractivity contribution in [2.24, 2.45) is 17.1 Å². The van der Waals surface area contributed by atoms with Gasteiger partial charge in [-0.2, -0.15) is 0 Å². The molecule has 6 nitrogen and oxygen atoms in total. The molecule has 28 heavy (non-hydrogen) atoms. The summed E-state index contributed by atoms with van der Waals surface area (Å²) in [6, 6.07) is 14.0. The Morgan fingerprint density at radius 2 is 1.89 bits per heavy atom. The van der Waals surface area contributed by atoms with Crippen molar-refractivity contribution in [3.05, 3.63) is 54.1 Å². The Bertz CT molecular complexity index is 881. The molecule has 2 atom stereocenters. The van der Waals surface area contributed by atoms with Gasteiger partial charge in [-0.15, -0.1) is 0 Å². The molecule has 2 aromatic rings. The maximum absolute atomic E-state index is 13.0. The summed E-state index contributed by atoms with van der Waals surface area (Å²) in [6.07, 6.45) is 4.38. The summed E-state index contributed by atoms with van der Waals surface area (Å²) >= 11 is 0. The van der Waals surface area contributed by atoms with Gasteiger partial charge in [0, 0.05) is 12.2 Å². The van der Waals surface area contributed by atoms with Gasteiger partial charge in [-0.1, -0.05) is 25.0 Å². The largest absolute Gasteiger partial charge is 0.457 e. The van der Waals surface area contributed by atoms with E-state index in [0.29, 0.717) is 23.0 Å². The van der Waals surface area contributed by atoms with Crippen molar-refractivity contribution in [1.29, 1.82) is 0 Å². The molecule has 0 radical (unpaired) electrons. The first-order valence-corrected chi connectivity index (χ1v) is 9.77. The van der Waals surface area contributed by atoms with Gasteiger partial charge >= 0.3 is 0 Å². The highest BCUT2D eigenvalue weighted by Crippen LogP contribution is 2.44. The van der Waals surface area contributed by atoms with E-state index >= 15 is 0 Å². The number of para-hydroxylation sites is 1. The lowest BCUT2D eigenvalue weighted by Gasteiger charge is -2.37. The van der Waals surface area contributed by atoms with Crippen LogP contribution in [0.15, 0.2) is 48.5 Å². The molecule has 1 saturated carbocycles. The number of benzene rings is 2. The van der Waals surface area contributed by atoms with Crippen LogP contribution in [0.1, 0.15) is 36.0 Å². The van der Waals surface area contributed by atoms with Crippen molar-refractivity contribution < 1.29 is 14.3 Å². The molecular weight excluding hydrogens is 354 g/mol. The first-order valence-electron chi connectivity index (χ1n) is 9.77. The highest BCUT2D eigenvalue weighted by Gasteiger charge is 2.49. The van der Waals surface area contributed by atoms with Crippen molar-refractivity contribution in [2.45, 2.75) is 25.7 Å². The minimum absolute atomic E-state index is 0.106. The minimum Gasteiger partial charge on any atom is -0.457 e. The third kappa shape index (κ3) is 3.47. The number of nitrogens with one attached hydrogen (secondary N) is 2. The number of hydrogen-bond acceptors (Lipinski definition) is 4. The fourth-order valence-electron chi connectivity index (χ4n) is 4.44. The Kier molecular flexibility index (Phi) is 5.05. The van der Waals surface area contributed by atoms with Crippen LogP contribution < -0.4 is 21.1 Å². The summed E-state index contributed by atoms with van der Waals surface area (Å²) in [7, 11) is 0. The molecular formula is C22H25N3O3. The maximum atomic E-state index is 13.0. The average Bonchev–Trinajstić information content (AvgIpc) is 3.15. The van der Waals surface area contributed by atoms with Gasteiger partial charge in [0.05, 0.1) is 11.0 Å². The Balaban J connectivity index is 1.45. The third-order valence-electron chi connectivity index (χ3n) is 5.98. The van der Waals surface area contributed by atoms with E-state index in [-0.39, 0.29) is 11.3 Å². The number of nitrogens with two attached hydrogens (primary N) is 1. The average molecular weight is 379 g/mol. The van der Waals surface area contributed by atoms with E-state index < -0.39 is 5.91 Å². The topological polar surface area (TPSA) is 93.5 Å². The highest BCUT2D eigenvalue weighted by molar-refractivity contribution is 5.96. The molecule has 2 fully saturated rings. The third-order valence-corrected chi connectivity index (χ3v) is 5.98. The summed E-state index contributed by atoms with van der Waals surface area (Å²) in [5, 5.41) is 6.49. The summed E-state index contributed by atoms with van der Waals surface area (Å²) < 4.78 is 5.79. The van der Waals surface area contributed by atoms with Gasteiger partial charge in [0.25, 0.3) is 5.91 Å². The Morgan fingerprint density at radius 1 is 1.11 bits per heavy atom. The van der Waals surface area contributed by atoms with Crippen LogP contribution in [0.2, 0.25) is 0 Å². The predicted molar refractivity (Wildman–Crippen MR) is 107 cm³/mol. The number of amides is 2. The van der Waals surface area contributed by atoms with Gasteiger partial charge in [0.15, 0.2) is 0 Å². The first kappa shape index (κ1) is 18.5. The van der Waals surface area contributed by atoms with Crippen LogP contribution in [0.3, 0.4) is 0 Å². The number of carbonyl (C=O) groups excluding carboxylic acids is 2. The Labute approximate surface area is 164 Å². The molecule has 0 unspecified atom stereocenters. The highest BCUT2D eigenvalue weighted by atomic mass is 16.5. The lowest BCUT2D eigenvalue weighted by Crippen LogP contribution is -2.44. The van der Waals surface area contributed by atoms with Crippen LogP contribution in [0.4, 0.5) is 5.69 Å². The summed E-state index contributed by atoms with van der Waals surface area (Å²) in [4.78, 5) is 24.6. The quantitative estimate of drug-likeness (QED) is 0.743. The lowest BCUT2D eigenvalue weighted by atomic mass is 9.67. The molecule has 2 amide bonds. The van der Waals surface area contributed by atoms with Gasteiger partial charge in [0.1, 0.15) is 11.5 Å². The zero-order chi connectivity index (χ0) is 19.6. The van der Waals surface area contributed by atoms with Crippen LogP contribution in [0.25, 0.3) is 0 Å². The monoisotopic (exact) mass is 379 g/mol. The van der Waals surface area contributed by atoms with Crippen LogP contribution in [-0.4, -0.2) is 24.9 Å². The van der Waals surface area contributed by atoms with Crippen molar-refractivity contribution in [3.8, 4) is 11.5 Å². The maximum Gasteiger partial charge on any atom is 0.252 e. The fourth-order valence-corrected chi connectivity index (χ4v) is 4.44. The number of carbonyl (C=O) groups is 2. The SMILES string of the molecule is NC(=O)c1ccccc1Oc1ccc(NC(=O)[C@@]23CCCC[C@H]2CNC3)cc1. The smallest absolute Gasteiger partial charge is 0.252 e. The van der Waals surface area contributed by atoms with E-state index in [0.717, 1.165) is 38.0 Å². The molecule has 1 aliphatic carbocycles. The molecule has 0 spiro atoms. The fraction of sp³-hybridized carbons (Fsp3) is 0.364. The summed E-state index contributed by atoms with van der Waals surface area (Å²) in [6.45, 7) is 1.69. The molecule has 1 saturated heterocycles. The van der Waals surface area contributed by atoms with Gasteiger partial charge in [-0.3, -0.25) is 9.59 Å². The second-order valence-electron chi connectivity index (χ2n) is 7.67. The van der Waals surface area contributed by atoms with E-state index in [1.807, 2.05) is 12.1 Å². The second-order valence-corrected chi connectivity index (χ2v) is 7.67. The minimum atomic E-state index is -0.536. The number of rotatable bonds is 5. The van der Waals surface area contributed by atoms with E-state index in [2.05, 4.69) is 10.6 Å². The number of anilines is 1. The van der Waals surface area contributed by atoms with Crippen molar-refractivity contribution in [3.63, 3.8) is 0 Å². The van der Waals surface area contributed by atoms with Crippen molar-refractivity contribution in [2.75, 3.05) is 18.4 Å². The number of hydrogen-bond donors (Lipinski definition) is 3. The van der Waals surface area contributed by atoms with E-state index in [1.54, 1.807) is 36.4 Å². The summed E-state index contributed by atoms with van der Waals surface area (Å²) in [5.74, 6) is 0.978. The van der Waals surface area contributed by atoms with Gasteiger partial charge < -0.3 is 21.1 Å². The van der Waals surface area contributed by atoms with Crippen LogP contribution in [0.5, 0.6) is 11.5 Å². The predicted octanol–water partition coefficient (Wildman–Crippen LogP) is 3.30. The first-order chi connectivity index (χ1) is 13.6. The molecule has 6 heteroatoms. The number of primary amides is 1. The van der Waals surface area contributed by atoms with E-state index in [9.17, 15) is 9.59 Å². The molecule has 1 aliphatic heterocycles. The van der Waals surface area contributed by atoms with Crippen molar-refractivity contribution in [1.82, 2.24) is 5.32 Å². The van der Waals surface area contributed by atoms with Crippen LogP contribution in [0, 0.1) is 11.3 Å². The Hall–Kier alpha value is -2.86. The molecule has 2 aromatic carbocycles. The number of ether oxygens (including phenoxy) is 1. The Morgan fingerprint density at radius 3 is 2.68 bits per heavy atom. The van der Waals surface area contributed by atoms with E-state index in [4.69, 9.17) is 10.5 Å². The van der Waals surface area contributed by atoms with E-state index in [1.165, 1.54) is 6.42 Å². The standard InChI is InChI=1S/C22H25N3O3/c23-20(26)18-6-1-2-7-19(18)28-17-10-8-16(9-11-17)25-21(27)22-12-4-3-5-15(22)13-24-14-22/h1-2,6-11,15,24H,3-5,12-14H2,(H2,23,26)(H,25,27)/t15-,22+/m0/s1. The molecule has 4 N–H and O–H groups in total. The molecule has 4 rings (SSSR count). The molecule has 1 heterocycles. The normalized spacial score (nSPS) is 23.6. The molecule has 0 aromatic heterocycles. The molecule has 0 bridgehead atoms. The lowest BCUT2D eigenvalue weighted by molar-refractivity contribution is -0.128. The van der Waals surface area contributed by atoms with Gasteiger partial charge in [-0.25, -0.2) is 0 Å². The van der Waals surface area contributed by atoms with Gasteiger partial charge in [0.2, 0.25) is 5.91 Å². The summed E-state index contributed by atoms with van der Waals surface area (Å²) in [5.41, 5.74) is 6.18. The zero-order valence-corrected chi connectivity index (χ0v) is 15.7. The van der Waals surface area contributed by atoms with Gasteiger partial charge in [-0.05, 0) is 61.7 Å². The number of fused-ring (bicyclic) bond motifs is 1. The van der Waals surface area contributed by atoms with Crippen molar-refractivity contribution >= 4 is 17.5 Å². The van der Waals surface area contributed by atoms with Crippen LogP contribution in [-0.2, 0) is 4.79 Å².